The van der Waals surface area contributed by atoms with Gasteiger partial charge < -0.3 is 4.74 Å². The lowest BCUT2D eigenvalue weighted by Gasteiger charge is -2.14. The average molecular weight is 188 g/mol. The molecule has 1 aliphatic rings. The molecule has 0 aliphatic carbocycles. The quantitative estimate of drug-likeness (QED) is 0.658. The van der Waals surface area contributed by atoms with Crippen molar-refractivity contribution in [1.29, 1.82) is 0 Å². The highest BCUT2D eigenvalue weighted by Crippen LogP contribution is 2.21. The van der Waals surface area contributed by atoms with Gasteiger partial charge in [-0.25, -0.2) is 0 Å². The molecular weight excluding hydrogens is 172 g/mol. The van der Waals surface area contributed by atoms with E-state index < -0.39 is 0 Å². The Morgan fingerprint density at radius 2 is 1.79 bits per heavy atom. The van der Waals surface area contributed by atoms with Gasteiger partial charge in [0.25, 0.3) is 0 Å². The number of hydrogen-bond donors (Lipinski definition) is 0. The van der Waals surface area contributed by atoms with Crippen molar-refractivity contribution in [2.24, 2.45) is 0 Å². The summed E-state index contributed by atoms with van der Waals surface area (Å²) in [5.74, 6) is 0. The van der Waals surface area contributed by atoms with Gasteiger partial charge in [-0.05, 0) is 31.4 Å². The Balaban J connectivity index is 2.35. The van der Waals surface area contributed by atoms with E-state index in [1.807, 2.05) is 0 Å². The average Bonchev–Trinajstić information content (AvgIpc) is 2.18. The molecule has 0 saturated heterocycles. The Hall–Kier alpha value is -1.08. The fraction of sp³-hybridized carbons (Fsp3) is 0.385. The zero-order valence-corrected chi connectivity index (χ0v) is 8.84. The Morgan fingerprint density at radius 3 is 2.36 bits per heavy atom. The predicted octanol–water partition coefficient (Wildman–Crippen LogP) is 3.11. The maximum absolute atomic E-state index is 5.45. The monoisotopic (exact) mass is 188 g/mol. The summed E-state index contributed by atoms with van der Waals surface area (Å²) in [6, 6.07) is 6.66. The molecule has 14 heavy (non-hydrogen) atoms. The molecule has 0 bridgehead atoms. The van der Waals surface area contributed by atoms with Crippen LogP contribution in [-0.2, 0) is 4.74 Å². The van der Waals surface area contributed by atoms with Crippen LogP contribution in [0.1, 0.15) is 23.1 Å². The van der Waals surface area contributed by atoms with Gasteiger partial charge in [-0.3, -0.25) is 0 Å². The summed E-state index contributed by atoms with van der Waals surface area (Å²) in [6.07, 6.45) is 3.33. The third kappa shape index (κ3) is 2.05. The summed E-state index contributed by atoms with van der Waals surface area (Å²) in [5.41, 5.74) is 5.31. The van der Waals surface area contributed by atoms with Crippen LogP contribution in [0.25, 0.3) is 5.57 Å². The molecule has 74 valence electrons. The molecule has 0 radical (unpaired) electrons. The molecule has 1 heteroatoms. The topological polar surface area (TPSA) is 9.23 Å². The van der Waals surface area contributed by atoms with Crippen molar-refractivity contribution in [1.82, 2.24) is 0 Å². The summed E-state index contributed by atoms with van der Waals surface area (Å²) in [4.78, 5) is 0. The smallest absolute Gasteiger partial charge is 0.0719 e. The van der Waals surface area contributed by atoms with Crippen LogP contribution in [0, 0.1) is 13.8 Å². The molecule has 0 aromatic heterocycles. The van der Waals surface area contributed by atoms with Gasteiger partial charge in [-0.2, -0.15) is 0 Å². The van der Waals surface area contributed by atoms with Gasteiger partial charge in [0.2, 0.25) is 0 Å². The largest absolute Gasteiger partial charge is 0.376 e. The van der Waals surface area contributed by atoms with E-state index in [-0.39, 0.29) is 0 Å². The molecule has 0 atom stereocenters. The van der Waals surface area contributed by atoms with E-state index in [4.69, 9.17) is 4.74 Å². The molecule has 1 aromatic carbocycles. The van der Waals surface area contributed by atoms with Crippen molar-refractivity contribution in [3.05, 3.63) is 41.0 Å². The molecular formula is C13H16O. The summed E-state index contributed by atoms with van der Waals surface area (Å²) in [5, 5.41) is 0. The van der Waals surface area contributed by atoms with E-state index in [1.54, 1.807) is 0 Å². The van der Waals surface area contributed by atoms with Crippen LogP contribution in [0.2, 0.25) is 0 Å². The zero-order valence-electron chi connectivity index (χ0n) is 8.84. The molecule has 1 heterocycles. The zero-order chi connectivity index (χ0) is 9.97. The first kappa shape index (κ1) is 9.47. The first-order valence-corrected chi connectivity index (χ1v) is 5.11. The van der Waals surface area contributed by atoms with Crippen molar-refractivity contribution in [3.8, 4) is 0 Å². The van der Waals surface area contributed by atoms with E-state index in [0.29, 0.717) is 0 Å². The molecule has 0 fully saturated rings. The third-order valence-corrected chi connectivity index (χ3v) is 2.50. The summed E-state index contributed by atoms with van der Waals surface area (Å²) < 4.78 is 5.45. The summed E-state index contributed by atoms with van der Waals surface area (Å²) in [6.45, 7) is 5.92. The minimum absolute atomic E-state index is 0.767. The van der Waals surface area contributed by atoms with Crippen LogP contribution in [0.3, 0.4) is 0 Å². The highest BCUT2D eigenvalue weighted by atomic mass is 16.5. The van der Waals surface area contributed by atoms with Gasteiger partial charge in [-0.1, -0.05) is 35.4 Å². The molecule has 0 N–H and O–H groups in total. The normalized spacial score (nSPS) is 16.6. The number of benzene rings is 1. The molecule has 1 nitrogen and oxygen atoms in total. The Bertz CT molecular complexity index is 343. The summed E-state index contributed by atoms with van der Waals surface area (Å²) in [7, 11) is 0. The van der Waals surface area contributed by atoms with Crippen LogP contribution >= 0.6 is 0 Å². The first-order chi connectivity index (χ1) is 6.75. The maximum atomic E-state index is 5.45. The number of ether oxygens (including phenoxy) is 1. The Morgan fingerprint density at radius 1 is 1.07 bits per heavy atom. The fourth-order valence-corrected chi connectivity index (χ4v) is 1.92. The van der Waals surface area contributed by atoms with E-state index in [1.165, 1.54) is 22.3 Å². The SMILES string of the molecule is Cc1cc(C)cc(C2=CCCOC2)c1. The minimum atomic E-state index is 0.767. The summed E-state index contributed by atoms with van der Waals surface area (Å²) >= 11 is 0. The number of hydrogen-bond acceptors (Lipinski definition) is 1. The van der Waals surface area contributed by atoms with E-state index in [2.05, 4.69) is 38.1 Å². The van der Waals surface area contributed by atoms with Crippen molar-refractivity contribution >= 4 is 5.57 Å². The van der Waals surface area contributed by atoms with Crippen molar-refractivity contribution in [2.75, 3.05) is 13.2 Å². The lowest BCUT2D eigenvalue weighted by Crippen LogP contribution is -2.05. The molecule has 0 unspecified atom stereocenters. The first-order valence-electron chi connectivity index (χ1n) is 5.11. The highest BCUT2D eigenvalue weighted by molar-refractivity contribution is 5.67. The molecule has 0 saturated carbocycles. The van der Waals surface area contributed by atoms with Crippen LogP contribution in [0.4, 0.5) is 0 Å². The second kappa shape index (κ2) is 3.97. The number of aryl methyl sites for hydroxylation is 2. The Labute approximate surface area is 85.4 Å². The predicted molar refractivity (Wildman–Crippen MR) is 59.3 cm³/mol. The van der Waals surface area contributed by atoms with Crippen LogP contribution < -0.4 is 0 Å². The van der Waals surface area contributed by atoms with Gasteiger partial charge >= 0.3 is 0 Å². The van der Waals surface area contributed by atoms with Crippen LogP contribution in [-0.4, -0.2) is 13.2 Å². The Kier molecular flexibility index (Phi) is 2.69. The van der Waals surface area contributed by atoms with Gasteiger partial charge in [0, 0.05) is 0 Å². The molecule has 1 aliphatic heterocycles. The van der Waals surface area contributed by atoms with E-state index in [0.717, 1.165) is 19.6 Å². The molecule has 1 aromatic rings. The van der Waals surface area contributed by atoms with Crippen molar-refractivity contribution in [2.45, 2.75) is 20.3 Å². The molecule has 0 spiro atoms. The molecule has 0 amide bonds. The number of rotatable bonds is 1. The lowest BCUT2D eigenvalue weighted by molar-refractivity contribution is 0.164. The second-order valence-corrected chi connectivity index (χ2v) is 3.95. The molecule has 2 rings (SSSR count). The third-order valence-electron chi connectivity index (χ3n) is 2.50. The standard InChI is InChI=1S/C13H16O/c1-10-6-11(2)8-13(7-10)12-4-3-5-14-9-12/h4,6-8H,3,5,9H2,1-2H3. The van der Waals surface area contributed by atoms with Gasteiger partial charge in [-0.15, -0.1) is 0 Å². The van der Waals surface area contributed by atoms with E-state index in [9.17, 15) is 0 Å². The van der Waals surface area contributed by atoms with Gasteiger partial charge in [0.15, 0.2) is 0 Å². The maximum Gasteiger partial charge on any atom is 0.0719 e. The highest BCUT2D eigenvalue weighted by Gasteiger charge is 2.06. The van der Waals surface area contributed by atoms with Crippen molar-refractivity contribution < 1.29 is 4.74 Å². The van der Waals surface area contributed by atoms with Crippen LogP contribution in [0.5, 0.6) is 0 Å². The fourth-order valence-electron chi connectivity index (χ4n) is 1.92. The van der Waals surface area contributed by atoms with Gasteiger partial charge in [0.05, 0.1) is 13.2 Å². The lowest BCUT2D eigenvalue weighted by atomic mass is 10.00. The van der Waals surface area contributed by atoms with Gasteiger partial charge in [0.1, 0.15) is 0 Å². The minimum Gasteiger partial charge on any atom is -0.376 e. The van der Waals surface area contributed by atoms with Crippen LogP contribution in [0.15, 0.2) is 24.3 Å². The van der Waals surface area contributed by atoms with E-state index >= 15 is 0 Å². The van der Waals surface area contributed by atoms with Crippen molar-refractivity contribution in [3.63, 3.8) is 0 Å². The second-order valence-electron chi connectivity index (χ2n) is 3.95.